The molecule has 0 radical (unpaired) electrons. The van der Waals surface area contributed by atoms with E-state index in [1.54, 1.807) is 12.4 Å². The molecule has 1 fully saturated rings. The molecule has 2 aromatic rings. The van der Waals surface area contributed by atoms with E-state index in [2.05, 4.69) is 32.3 Å². The van der Waals surface area contributed by atoms with Gasteiger partial charge in [-0.3, -0.25) is 0 Å². The van der Waals surface area contributed by atoms with Gasteiger partial charge < -0.3 is 10.2 Å². The first-order valence-corrected chi connectivity index (χ1v) is 8.35. The number of benzene rings is 1. The molecule has 0 spiro atoms. The molecule has 4 nitrogen and oxygen atoms in total. The van der Waals surface area contributed by atoms with Gasteiger partial charge in [0, 0.05) is 43.1 Å². The van der Waals surface area contributed by atoms with Crippen molar-refractivity contribution in [3.8, 4) is 0 Å². The van der Waals surface area contributed by atoms with Crippen LogP contribution in [-0.4, -0.2) is 35.6 Å². The van der Waals surface area contributed by atoms with Gasteiger partial charge in [-0.2, -0.15) is 0 Å². The van der Waals surface area contributed by atoms with Gasteiger partial charge in [0.1, 0.15) is 0 Å². The number of nitrogens with one attached hydrogen (secondary N) is 1. The van der Waals surface area contributed by atoms with Gasteiger partial charge in [-0.1, -0.05) is 41.9 Å². The molecule has 0 saturated carbocycles. The van der Waals surface area contributed by atoms with Crippen molar-refractivity contribution in [3.05, 3.63) is 59.4 Å². The van der Waals surface area contributed by atoms with Crippen molar-refractivity contribution in [1.82, 2.24) is 15.3 Å². The number of anilines is 1. The Hall–Kier alpha value is -1.91. The van der Waals surface area contributed by atoms with Gasteiger partial charge in [0.2, 0.25) is 5.95 Å². The van der Waals surface area contributed by atoms with Gasteiger partial charge in [0.05, 0.1) is 0 Å². The van der Waals surface area contributed by atoms with E-state index >= 15 is 0 Å². The fourth-order valence-corrected chi connectivity index (χ4v) is 3.01. The first kappa shape index (κ1) is 16.0. The minimum Gasteiger partial charge on any atom is -0.339 e. The number of aromatic nitrogens is 2. The van der Waals surface area contributed by atoms with Crippen molar-refractivity contribution in [3.63, 3.8) is 0 Å². The lowest BCUT2D eigenvalue weighted by Gasteiger charge is -2.33. The van der Waals surface area contributed by atoms with E-state index in [1.807, 2.05) is 30.3 Å². The molecular formula is C18H21ClN4. The van der Waals surface area contributed by atoms with E-state index in [4.69, 9.17) is 11.6 Å². The Kier molecular flexibility index (Phi) is 5.61. The lowest BCUT2D eigenvalue weighted by Crippen LogP contribution is -2.46. The van der Waals surface area contributed by atoms with Crippen LogP contribution in [-0.2, 0) is 0 Å². The summed E-state index contributed by atoms with van der Waals surface area (Å²) in [4.78, 5) is 10.9. The van der Waals surface area contributed by atoms with Crippen LogP contribution in [0.25, 0.3) is 6.08 Å². The average Bonchev–Trinajstić information content (AvgIpc) is 2.62. The standard InChI is InChI=1S/C18H21ClN4/c19-16(12-15-6-2-1-3-7-15)13-22-17-8-4-11-23(14-17)18-20-9-5-10-21-18/h1-3,5-7,9-10,12,17,22H,4,8,11,13-14H2/b16-12-. The van der Waals surface area contributed by atoms with Crippen molar-refractivity contribution < 1.29 is 0 Å². The number of hydrogen-bond donors (Lipinski definition) is 1. The second kappa shape index (κ2) is 8.09. The fourth-order valence-electron chi connectivity index (χ4n) is 2.80. The zero-order chi connectivity index (χ0) is 15.9. The normalized spacial score (nSPS) is 18.9. The van der Waals surface area contributed by atoms with Crippen LogP contribution in [0.4, 0.5) is 5.95 Å². The van der Waals surface area contributed by atoms with Crippen LogP contribution >= 0.6 is 11.6 Å². The Balaban J connectivity index is 1.53. The van der Waals surface area contributed by atoms with Crippen LogP contribution in [0.15, 0.2) is 53.8 Å². The molecule has 0 amide bonds. The summed E-state index contributed by atoms with van der Waals surface area (Å²) >= 11 is 6.35. The van der Waals surface area contributed by atoms with Gasteiger partial charge in [-0.15, -0.1) is 0 Å². The summed E-state index contributed by atoms with van der Waals surface area (Å²) in [5, 5.41) is 4.37. The molecule has 3 rings (SSSR count). The molecule has 1 saturated heterocycles. The third kappa shape index (κ3) is 4.78. The number of hydrogen-bond acceptors (Lipinski definition) is 4. The lowest BCUT2D eigenvalue weighted by atomic mass is 10.1. The third-order valence-corrected chi connectivity index (χ3v) is 4.18. The Morgan fingerprint density at radius 3 is 2.78 bits per heavy atom. The highest BCUT2D eigenvalue weighted by Crippen LogP contribution is 2.16. The molecule has 1 aliphatic heterocycles. The van der Waals surface area contributed by atoms with Crippen molar-refractivity contribution in [1.29, 1.82) is 0 Å². The van der Waals surface area contributed by atoms with Crippen LogP contribution in [0.5, 0.6) is 0 Å². The lowest BCUT2D eigenvalue weighted by molar-refractivity contribution is 0.433. The largest absolute Gasteiger partial charge is 0.339 e. The smallest absolute Gasteiger partial charge is 0.225 e. The van der Waals surface area contributed by atoms with Gasteiger partial charge in [0.15, 0.2) is 0 Å². The summed E-state index contributed by atoms with van der Waals surface area (Å²) in [7, 11) is 0. The minimum absolute atomic E-state index is 0.408. The van der Waals surface area contributed by atoms with Crippen LogP contribution < -0.4 is 10.2 Å². The number of halogens is 1. The van der Waals surface area contributed by atoms with Crippen LogP contribution in [0, 0.1) is 0 Å². The SMILES string of the molecule is Cl/C(=C\c1ccccc1)CNC1CCCN(c2ncccn2)C1. The molecule has 23 heavy (non-hydrogen) atoms. The van der Waals surface area contributed by atoms with E-state index in [0.29, 0.717) is 12.6 Å². The van der Waals surface area contributed by atoms with E-state index in [0.717, 1.165) is 42.5 Å². The summed E-state index contributed by atoms with van der Waals surface area (Å²) in [5.41, 5.74) is 1.13. The molecule has 1 N–H and O–H groups in total. The van der Waals surface area contributed by atoms with Crippen molar-refractivity contribution in [2.75, 3.05) is 24.5 Å². The second-order valence-electron chi connectivity index (χ2n) is 5.72. The summed E-state index contributed by atoms with van der Waals surface area (Å²) in [6.07, 6.45) is 7.88. The monoisotopic (exact) mass is 328 g/mol. The molecule has 1 unspecified atom stereocenters. The van der Waals surface area contributed by atoms with Gasteiger partial charge in [0.25, 0.3) is 0 Å². The Morgan fingerprint density at radius 1 is 1.22 bits per heavy atom. The average molecular weight is 329 g/mol. The van der Waals surface area contributed by atoms with Crippen LogP contribution in [0.2, 0.25) is 0 Å². The number of nitrogens with zero attached hydrogens (tertiary/aromatic N) is 3. The number of piperidine rings is 1. The molecule has 1 aromatic heterocycles. The molecule has 1 aromatic carbocycles. The Bertz CT molecular complexity index is 630. The van der Waals surface area contributed by atoms with E-state index in [9.17, 15) is 0 Å². The molecule has 0 aliphatic carbocycles. The molecule has 5 heteroatoms. The first-order valence-electron chi connectivity index (χ1n) is 7.98. The summed E-state index contributed by atoms with van der Waals surface area (Å²) < 4.78 is 0. The molecule has 1 aliphatic rings. The van der Waals surface area contributed by atoms with Gasteiger partial charge in [-0.25, -0.2) is 9.97 Å². The maximum absolute atomic E-state index is 6.35. The van der Waals surface area contributed by atoms with E-state index < -0.39 is 0 Å². The van der Waals surface area contributed by atoms with Crippen molar-refractivity contribution in [2.45, 2.75) is 18.9 Å². The highest BCUT2D eigenvalue weighted by molar-refractivity contribution is 6.31. The zero-order valence-electron chi connectivity index (χ0n) is 13.0. The molecular weight excluding hydrogens is 308 g/mol. The first-order chi connectivity index (χ1) is 11.3. The third-order valence-electron chi connectivity index (χ3n) is 3.94. The minimum atomic E-state index is 0.408. The molecule has 2 heterocycles. The Labute approximate surface area is 142 Å². The topological polar surface area (TPSA) is 41.0 Å². The zero-order valence-corrected chi connectivity index (χ0v) is 13.8. The predicted octanol–water partition coefficient (Wildman–Crippen LogP) is 3.31. The fraction of sp³-hybridized carbons (Fsp3) is 0.333. The van der Waals surface area contributed by atoms with Crippen molar-refractivity contribution >= 4 is 23.6 Å². The van der Waals surface area contributed by atoms with Crippen LogP contribution in [0.1, 0.15) is 18.4 Å². The van der Waals surface area contributed by atoms with E-state index in [-0.39, 0.29) is 0 Å². The van der Waals surface area contributed by atoms with E-state index in [1.165, 1.54) is 0 Å². The predicted molar refractivity (Wildman–Crippen MR) is 95.5 cm³/mol. The highest BCUT2D eigenvalue weighted by Gasteiger charge is 2.21. The summed E-state index contributed by atoms with van der Waals surface area (Å²) in [5.74, 6) is 0.810. The highest BCUT2D eigenvalue weighted by atomic mass is 35.5. The quantitative estimate of drug-likeness (QED) is 0.914. The summed E-state index contributed by atoms with van der Waals surface area (Å²) in [6, 6.07) is 12.4. The Morgan fingerprint density at radius 2 is 2.00 bits per heavy atom. The number of rotatable bonds is 5. The van der Waals surface area contributed by atoms with Crippen LogP contribution in [0.3, 0.4) is 0 Å². The van der Waals surface area contributed by atoms with Gasteiger partial charge in [-0.05, 0) is 30.5 Å². The molecule has 0 bridgehead atoms. The summed E-state index contributed by atoms with van der Waals surface area (Å²) in [6.45, 7) is 2.61. The molecule has 120 valence electrons. The second-order valence-corrected chi connectivity index (χ2v) is 6.20. The maximum atomic E-state index is 6.35. The van der Waals surface area contributed by atoms with Gasteiger partial charge >= 0.3 is 0 Å². The van der Waals surface area contributed by atoms with Crippen molar-refractivity contribution in [2.24, 2.45) is 0 Å². The molecule has 1 atom stereocenters. The maximum Gasteiger partial charge on any atom is 0.225 e.